The largest absolute Gasteiger partial charge is 0.444 e. The number of carbonyl (C=O) groups excluding carboxylic acids is 2. The fourth-order valence-corrected chi connectivity index (χ4v) is 3.91. The number of nitrogens with one attached hydrogen (secondary N) is 2. The molecular weight excluding hydrogens is 467 g/mol. The predicted molar refractivity (Wildman–Crippen MR) is 120 cm³/mol. The van der Waals surface area contributed by atoms with Crippen molar-refractivity contribution in [1.29, 1.82) is 0 Å². The van der Waals surface area contributed by atoms with Gasteiger partial charge >= 0.3 is 6.18 Å². The second kappa shape index (κ2) is 9.76. The number of primary amides is 1. The molecule has 0 saturated heterocycles. The number of nitrogens with zero attached hydrogens (tertiary/aromatic N) is 4. The molecule has 0 radical (unpaired) electrons. The normalized spacial score (nSPS) is 18.3. The van der Waals surface area contributed by atoms with Crippen LogP contribution in [0.2, 0.25) is 0 Å². The van der Waals surface area contributed by atoms with E-state index in [2.05, 4.69) is 32.6 Å². The van der Waals surface area contributed by atoms with Crippen molar-refractivity contribution in [2.75, 3.05) is 17.2 Å². The van der Waals surface area contributed by atoms with E-state index >= 15 is 0 Å². The van der Waals surface area contributed by atoms with Gasteiger partial charge in [0.15, 0.2) is 11.4 Å². The molecule has 4 N–H and O–H groups in total. The van der Waals surface area contributed by atoms with Crippen molar-refractivity contribution in [2.45, 2.75) is 44.8 Å². The minimum absolute atomic E-state index is 0.00903. The van der Waals surface area contributed by atoms with Crippen molar-refractivity contribution in [3.8, 4) is 11.5 Å². The van der Waals surface area contributed by atoms with Crippen LogP contribution >= 0.6 is 0 Å². The number of halogens is 3. The molecule has 1 saturated carbocycles. The summed E-state index contributed by atoms with van der Waals surface area (Å²) in [4.78, 5) is 32.6. The summed E-state index contributed by atoms with van der Waals surface area (Å²) in [6, 6.07) is 2.91. The molecular formula is C22H24F3N7O3. The molecule has 13 heteroatoms. The topological polar surface area (TPSA) is 141 Å². The van der Waals surface area contributed by atoms with Gasteiger partial charge in [-0.1, -0.05) is 6.92 Å². The number of carbonyl (C=O) groups is 2. The van der Waals surface area contributed by atoms with E-state index in [1.165, 1.54) is 18.3 Å². The zero-order valence-corrected chi connectivity index (χ0v) is 18.8. The van der Waals surface area contributed by atoms with Gasteiger partial charge in [-0.2, -0.15) is 18.3 Å². The van der Waals surface area contributed by atoms with Crippen LogP contribution in [-0.4, -0.2) is 44.3 Å². The molecule has 1 aliphatic rings. The first kappa shape index (κ1) is 24.2. The number of alkyl halides is 3. The van der Waals surface area contributed by atoms with E-state index in [4.69, 9.17) is 10.2 Å². The standard InChI is InChI=1S/C22H24F3N7O3/c1-12-2-4-14(5-3-12)32-9-15(18(31-32)19(26)33)29-20(34)16-10-35-21(30-16)13-6-7-27-17(8-13)28-11-22(23,24)25/h6-10,12,14H,2-5,11H2,1H3,(H2,26,33)(H,27,28)(H,29,34)/t12-,14-. The fourth-order valence-electron chi connectivity index (χ4n) is 3.91. The number of oxazole rings is 1. The summed E-state index contributed by atoms with van der Waals surface area (Å²) in [7, 11) is 0. The van der Waals surface area contributed by atoms with E-state index in [1.807, 2.05) is 0 Å². The lowest BCUT2D eigenvalue weighted by molar-refractivity contribution is -0.115. The first-order chi connectivity index (χ1) is 16.6. The van der Waals surface area contributed by atoms with Gasteiger partial charge in [-0.3, -0.25) is 14.3 Å². The number of aromatic nitrogens is 4. The molecule has 1 aliphatic carbocycles. The summed E-state index contributed by atoms with van der Waals surface area (Å²) in [6.07, 6.45) is 3.48. The SMILES string of the molecule is C[C@H]1CC[C@H](n2cc(NC(=O)c3coc(-c4ccnc(NCC(F)(F)F)c4)n3)c(C(N)=O)n2)CC1. The summed E-state index contributed by atoms with van der Waals surface area (Å²) < 4.78 is 44.3. The highest BCUT2D eigenvalue weighted by molar-refractivity contribution is 6.07. The molecule has 0 unspecified atom stereocenters. The van der Waals surface area contributed by atoms with Gasteiger partial charge in [0, 0.05) is 18.0 Å². The molecule has 1 fully saturated rings. The molecule has 2 amide bonds. The summed E-state index contributed by atoms with van der Waals surface area (Å²) in [6.45, 7) is 0.941. The van der Waals surface area contributed by atoms with Crippen LogP contribution in [0.5, 0.6) is 0 Å². The Balaban J connectivity index is 1.48. The number of pyridine rings is 1. The smallest absolute Gasteiger partial charge is 0.405 e. The maximum absolute atomic E-state index is 12.8. The molecule has 3 aromatic rings. The van der Waals surface area contributed by atoms with E-state index in [9.17, 15) is 22.8 Å². The Hall–Kier alpha value is -3.90. The highest BCUT2D eigenvalue weighted by Crippen LogP contribution is 2.32. The average molecular weight is 491 g/mol. The Labute approximate surface area is 198 Å². The summed E-state index contributed by atoms with van der Waals surface area (Å²) in [5, 5.41) is 9.05. The van der Waals surface area contributed by atoms with E-state index in [0.717, 1.165) is 31.9 Å². The second-order valence-electron chi connectivity index (χ2n) is 8.54. The predicted octanol–water partition coefficient (Wildman–Crippen LogP) is 4.01. The van der Waals surface area contributed by atoms with Gasteiger partial charge in [0.05, 0.1) is 11.7 Å². The van der Waals surface area contributed by atoms with Crippen molar-refractivity contribution < 1.29 is 27.2 Å². The third-order valence-corrected chi connectivity index (χ3v) is 5.79. The van der Waals surface area contributed by atoms with Gasteiger partial charge in [0.1, 0.15) is 18.6 Å². The Morgan fingerprint density at radius 3 is 2.69 bits per heavy atom. The third kappa shape index (κ3) is 5.97. The third-order valence-electron chi connectivity index (χ3n) is 5.79. The monoisotopic (exact) mass is 491 g/mol. The van der Waals surface area contributed by atoms with Gasteiger partial charge < -0.3 is 20.8 Å². The van der Waals surface area contributed by atoms with Crippen molar-refractivity contribution in [3.63, 3.8) is 0 Å². The molecule has 4 rings (SSSR count). The molecule has 0 spiro atoms. The molecule has 3 heterocycles. The quantitative estimate of drug-likeness (QED) is 0.453. The Morgan fingerprint density at radius 2 is 2.00 bits per heavy atom. The van der Waals surface area contributed by atoms with Crippen molar-refractivity contribution in [3.05, 3.63) is 42.2 Å². The summed E-state index contributed by atoms with van der Waals surface area (Å²) in [5.74, 6) is -0.826. The van der Waals surface area contributed by atoms with Gasteiger partial charge in [-0.25, -0.2) is 9.97 Å². The van der Waals surface area contributed by atoms with Crippen molar-refractivity contribution in [2.24, 2.45) is 11.7 Å². The van der Waals surface area contributed by atoms with Gasteiger partial charge in [0.2, 0.25) is 5.89 Å². The maximum Gasteiger partial charge on any atom is 0.405 e. The van der Waals surface area contributed by atoms with Crippen LogP contribution < -0.4 is 16.4 Å². The van der Waals surface area contributed by atoms with E-state index in [1.54, 1.807) is 10.9 Å². The van der Waals surface area contributed by atoms with Crippen LogP contribution in [-0.2, 0) is 0 Å². The number of hydrogen-bond acceptors (Lipinski definition) is 7. The molecule has 0 aliphatic heterocycles. The lowest BCUT2D eigenvalue weighted by Gasteiger charge is -2.26. The van der Waals surface area contributed by atoms with Crippen LogP contribution in [0.1, 0.15) is 59.6 Å². The highest BCUT2D eigenvalue weighted by Gasteiger charge is 2.27. The Morgan fingerprint density at radius 1 is 1.26 bits per heavy atom. The summed E-state index contributed by atoms with van der Waals surface area (Å²) in [5.41, 5.74) is 5.78. The lowest BCUT2D eigenvalue weighted by atomic mass is 9.87. The maximum atomic E-state index is 12.8. The first-order valence-corrected chi connectivity index (χ1v) is 11.0. The van der Waals surface area contributed by atoms with Crippen LogP contribution in [0.25, 0.3) is 11.5 Å². The summed E-state index contributed by atoms with van der Waals surface area (Å²) >= 11 is 0. The van der Waals surface area contributed by atoms with Crippen molar-refractivity contribution >= 4 is 23.3 Å². The molecule has 0 atom stereocenters. The minimum Gasteiger partial charge on any atom is -0.444 e. The van der Waals surface area contributed by atoms with E-state index in [0.29, 0.717) is 11.5 Å². The van der Waals surface area contributed by atoms with Crippen LogP contribution in [0.15, 0.2) is 35.2 Å². The fraction of sp³-hybridized carbons (Fsp3) is 0.409. The second-order valence-corrected chi connectivity index (χ2v) is 8.54. The van der Waals surface area contributed by atoms with Crippen LogP contribution in [0.3, 0.4) is 0 Å². The molecule has 3 aromatic heterocycles. The number of anilines is 2. The van der Waals surface area contributed by atoms with E-state index in [-0.39, 0.29) is 34.8 Å². The zero-order chi connectivity index (χ0) is 25.2. The van der Waals surface area contributed by atoms with Gasteiger partial charge in [-0.15, -0.1) is 0 Å². The number of amides is 2. The number of rotatable bonds is 7. The lowest BCUT2D eigenvalue weighted by Crippen LogP contribution is -2.21. The first-order valence-electron chi connectivity index (χ1n) is 11.0. The van der Waals surface area contributed by atoms with Crippen LogP contribution in [0.4, 0.5) is 24.7 Å². The molecule has 0 aromatic carbocycles. The Kier molecular flexibility index (Phi) is 6.76. The average Bonchev–Trinajstić information content (AvgIpc) is 3.46. The van der Waals surface area contributed by atoms with Crippen LogP contribution in [0, 0.1) is 5.92 Å². The Bertz CT molecular complexity index is 1210. The molecule has 186 valence electrons. The highest BCUT2D eigenvalue weighted by atomic mass is 19.4. The van der Waals surface area contributed by atoms with Gasteiger partial charge in [-0.05, 0) is 43.7 Å². The number of nitrogens with two attached hydrogens (primary N) is 1. The molecule has 0 bridgehead atoms. The zero-order valence-electron chi connectivity index (χ0n) is 18.8. The van der Waals surface area contributed by atoms with E-state index < -0.39 is 24.5 Å². The molecule has 35 heavy (non-hydrogen) atoms. The minimum atomic E-state index is -4.40. The molecule has 10 nitrogen and oxygen atoms in total. The van der Waals surface area contributed by atoms with Crippen molar-refractivity contribution in [1.82, 2.24) is 19.7 Å². The van der Waals surface area contributed by atoms with Gasteiger partial charge in [0.25, 0.3) is 11.8 Å². The number of hydrogen-bond donors (Lipinski definition) is 3.